The molecule has 2 saturated heterocycles. The summed E-state index contributed by atoms with van der Waals surface area (Å²) in [6.07, 6.45) is 3.81. The molecule has 0 aromatic heterocycles. The van der Waals surface area contributed by atoms with Gasteiger partial charge in [-0.2, -0.15) is 0 Å². The van der Waals surface area contributed by atoms with Gasteiger partial charge < -0.3 is 16.0 Å². The Balaban J connectivity index is 0.00000300. The smallest absolute Gasteiger partial charge is 0.241 e. The number of carbonyl (C=O) groups excluding carboxylic acids is 2. The molecule has 0 radical (unpaired) electrons. The lowest BCUT2D eigenvalue weighted by Gasteiger charge is -2.36. The van der Waals surface area contributed by atoms with Crippen molar-refractivity contribution in [2.24, 2.45) is 5.92 Å². The second-order valence-corrected chi connectivity index (χ2v) is 7.69. The van der Waals surface area contributed by atoms with Crippen LogP contribution in [0.15, 0.2) is 18.2 Å². The first-order chi connectivity index (χ1) is 13.4. The van der Waals surface area contributed by atoms with Crippen LogP contribution in [0, 0.1) is 17.6 Å². The number of benzene rings is 1. The molecule has 1 aromatic carbocycles. The average molecular weight is 431 g/mol. The van der Waals surface area contributed by atoms with Crippen molar-refractivity contribution < 1.29 is 18.4 Å². The number of halogens is 3. The number of nitrogens with one attached hydrogen (secondary N) is 3. The molecule has 162 valence electrons. The van der Waals surface area contributed by atoms with E-state index in [0.717, 1.165) is 57.0 Å². The Kier molecular flexibility index (Phi) is 8.79. The van der Waals surface area contributed by atoms with Crippen LogP contribution in [0.25, 0.3) is 0 Å². The van der Waals surface area contributed by atoms with Crippen molar-refractivity contribution in [3.05, 3.63) is 29.8 Å². The summed E-state index contributed by atoms with van der Waals surface area (Å²) in [5.41, 5.74) is -0.151. The van der Waals surface area contributed by atoms with E-state index in [0.29, 0.717) is 13.1 Å². The molecule has 2 amide bonds. The number of amides is 2. The zero-order valence-corrected chi connectivity index (χ0v) is 17.4. The fourth-order valence-corrected chi connectivity index (χ4v) is 3.89. The third-order valence-corrected chi connectivity index (χ3v) is 5.61. The van der Waals surface area contributed by atoms with E-state index in [1.54, 1.807) is 6.92 Å². The molecular formula is C20H29ClF2N4O2. The Morgan fingerprint density at radius 2 is 2.07 bits per heavy atom. The number of piperidine rings is 1. The van der Waals surface area contributed by atoms with Crippen molar-refractivity contribution in [2.75, 3.05) is 31.5 Å². The fraction of sp³-hybridized carbons (Fsp3) is 0.600. The lowest BCUT2D eigenvalue weighted by Crippen LogP contribution is -2.50. The minimum absolute atomic E-state index is 0. The van der Waals surface area contributed by atoms with Crippen LogP contribution in [0.3, 0.4) is 0 Å². The van der Waals surface area contributed by atoms with Gasteiger partial charge in [0.25, 0.3) is 0 Å². The van der Waals surface area contributed by atoms with Gasteiger partial charge in [0.1, 0.15) is 11.6 Å². The molecule has 2 heterocycles. The summed E-state index contributed by atoms with van der Waals surface area (Å²) in [5, 5.41) is 8.68. The van der Waals surface area contributed by atoms with Gasteiger partial charge in [-0.1, -0.05) is 0 Å². The Hall–Kier alpha value is -1.77. The van der Waals surface area contributed by atoms with Crippen molar-refractivity contribution in [1.82, 2.24) is 15.5 Å². The summed E-state index contributed by atoms with van der Waals surface area (Å²) < 4.78 is 27.1. The third-order valence-electron chi connectivity index (χ3n) is 5.61. The quantitative estimate of drug-likeness (QED) is 0.647. The topological polar surface area (TPSA) is 73.5 Å². The minimum Gasteiger partial charge on any atom is -0.354 e. The monoisotopic (exact) mass is 430 g/mol. The average Bonchev–Trinajstić information content (AvgIpc) is 3.23. The predicted molar refractivity (Wildman–Crippen MR) is 110 cm³/mol. The van der Waals surface area contributed by atoms with Crippen LogP contribution >= 0.6 is 12.4 Å². The standard InChI is InChI=1S/C20H28F2N4O2.ClH/c1-13(19(27)25-18-10-15(21)6-7-16(18)22)26-9-3-4-14(12-26)11-24-20(28)17-5-2-8-23-17;/h6-7,10,13-14,17,23H,2-5,8-9,11-12H2,1H3,(H,24,28)(H,25,27);1H. The molecule has 9 heteroatoms. The first kappa shape index (κ1) is 23.5. The van der Waals surface area contributed by atoms with Crippen LogP contribution in [0.4, 0.5) is 14.5 Å². The van der Waals surface area contributed by atoms with Gasteiger partial charge in [0.15, 0.2) is 0 Å². The van der Waals surface area contributed by atoms with Crippen LogP contribution in [0.2, 0.25) is 0 Å². The Morgan fingerprint density at radius 3 is 2.79 bits per heavy atom. The van der Waals surface area contributed by atoms with E-state index in [9.17, 15) is 18.4 Å². The number of nitrogens with zero attached hydrogens (tertiary/aromatic N) is 1. The molecule has 2 fully saturated rings. The molecule has 1 aromatic rings. The highest BCUT2D eigenvalue weighted by Gasteiger charge is 2.29. The van der Waals surface area contributed by atoms with Gasteiger partial charge in [-0.05, 0) is 63.7 Å². The lowest BCUT2D eigenvalue weighted by atomic mass is 9.96. The summed E-state index contributed by atoms with van der Waals surface area (Å²) in [6, 6.07) is 2.42. The number of hydrogen-bond donors (Lipinski definition) is 3. The van der Waals surface area contributed by atoms with E-state index < -0.39 is 17.7 Å². The van der Waals surface area contributed by atoms with E-state index >= 15 is 0 Å². The summed E-state index contributed by atoms with van der Waals surface area (Å²) in [7, 11) is 0. The normalized spacial score (nSPS) is 23.1. The maximum Gasteiger partial charge on any atom is 0.241 e. The second kappa shape index (κ2) is 10.8. The Morgan fingerprint density at radius 1 is 1.28 bits per heavy atom. The van der Waals surface area contributed by atoms with Gasteiger partial charge in [0.05, 0.1) is 17.8 Å². The zero-order chi connectivity index (χ0) is 20.1. The third kappa shape index (κ3) is 6.35. The van der Waals surface area contributed by atoms with Crippen LogP contribution in [-0.4, -0.2) is 55.0 Å². The molecule has 3 atom stereocenters. The Bertz CT molecular complexity index is 716. The maximum absolute atomic E-state index is 13.8. The molecule has 0 bridgehead atoms. The van der Waals surface area contributed by atoms with E-state index in [4.69, 9.17) is 0 Å². The van der Waals surface area contributed by atoms with Gasteiger partial charge in [0, 0.05) is 19.2 Å². The molecule has 2 aliphatic rings. The predicted octanol–water partition coefficient (Wildman–Crippen LogP) is 2.29. The SMILES string of the molecule is CC(C(=O)Nc1cc(F)ccc1F)N1CCCC(CNC(=O)C2CCCN2)C1.Cl. The summed E-state index contributed by atoms with van der Waals surface area (Å²) in [6.45, 7) is 4.66. The van der Waals surface area contributed by atoms with Crippen LogP contribution in [0.1, 0.15) is 32.6 Å². The molecule has 3 rings (SSSR count). The molecular weight excluding hydrogens is 402 g/mol. The van der Waals surface area contributed by atoms with E-state index in [2.05, 4.69) is 16.0 Å². The number of rotatable bonds is 6. The number of carbonyl (C=O) groups is 2. The van der Waals surface area contributed by atoms with Crippen LogP contribution < -0.4 is 16.0 Å². The molecule has 29 heavy (non-hydrogen) atoms. The molecule has 2 aliphatic heterocycles. The highest BCUT2D eigenvalue weighted by atomic mass is 35.5. The molecule has 0 spiro atoms. The van der Waals surface area contributed by atoms with E-state index in [1.165, 1.54) is 0 Å². The van der Waals surface area contributed by atoms with E-state index in [-0.39, 0.29) is 41.9 Å². The van der Waals surface area contributed by atoms with Crippen molar-refractivity contribution in [2.45, 2.75) is 44.7 Å². The van der Waals surface area contributed by atoms with Gasteiger partial charge >= 0.3 is 0 Å². The molecule has 0 saturated carbocycles. The zero-order valence-electron chi connectivity index (χ0n) is 16.5. The summed E-state index contributed by atoms with van der Waals surface area (Å²) in [5.74, 6) is -1.33. The summed E-state index contributed by atoms with van der Waals surface area (Å²) in [4.78, 5) is 26.7. The molecule has 3 N–H and O–H groups in total. The lowest BCUT2D eigenvalue weighted by molar-refractivity contribution is -0.124. The highest BCUT2D eigenvalue weighted by Crippen LogP contribution is 2.20. The van der Waals surface area contributed by atoms with Crippen molar-refractivity contribution in [1.29, 1.82) is 0 Å². The Labute approximate surface area is 176 Å². The van der Waals surface area contributed by atoms with Gasteiger partial charge in [0.2, 0.25) is 11.8 Å². The van der Waals surface area contributed by atoms with E-state index in [1.807, 2.05) is 4.90 Å². The van der Waals surface area contributed by atoms with Gasteiger partial charge in [-0.15, -0.1) is 12.4 Å². The number of anilines is 1. The van der Waals surface area contributed by atoms with Crippen molar-refractivity contribution in [3.8, 4) is 0 Å². The first-order valence-corrected chi connectivity index (χ1v) is 9.95. The second-order valence-electron chi connectivity index (χ2n) is 7.69. The first-order valence-electron chi connectivity index (χ1n) is 9.95. The van der Waals surface area contributed by atoms with Crippen molar-refractivity contribution in [3.63, 3.8) is 0 Å². The largest absolute Gasteiger partial charge is 0.354 e. The fourth-order valence-electron chi connectivity index (χ4n) is 3.89. The van der Waals surface area contributed by atoms with Gasteiger partial charge in [-0.25, -0.2) is 8.78 Å². The highest BCUT2D eigenvalue weighted by molar-refractivity contribution is 5.94. The summed E-state index contributed by atoms with van der Waals surface area (Å²) >= 11 is 0. The maximum atomic E-state index is 13.8. The van der Waals surface area contributed by atoms with Crippen LogP contribution in [-0.2, 0) is 9.59 Å². The molecule has 0 aliphatic carbocycles. The molecule has 6 nitrogen and oxygen atoms in total. The van der Waals surface area contributed by atoms with Crippen molar-refractivity contribution >= 4 is 29.9 Å². The van der Waals surface area contributed by atoms with Gasteiger partial charge in [-0.3, -0.25) is 14.5 Å². The number of likely N-dealkylation sites (tertiary alicyclic amines) is 1. The minimum atomic E-state index is -0.665. The number of hydrogen-bond acceptors (Lipinski definition) is 4. The molecule has 3 unspecified atom stereocenters. The van der Waals surface area contributed by atoms with Crippen LogP contribution in [0.5, 0.6) is 0 Å².